The summed E-state index contributed by atoms with van der Waals surface area (Å²) in [7, 11) is -3.87. The summed E-state index contributed by atoms with van der Waals surface area (Å²) >= 11 is 7.05. The molecule has 3 N–H and O–H groups in total. The number of esters is 1. The summed E-state index contributed by atoms with van der Waals surface area (Å²) in [6.45, 7) is 13.2. The highest BCUT2D eigenvalue weighted by Gasteiger charge is 2.60. The number of hydrogen-bond acceptors (Lipinski definition) is 11. The van der Waals surface area contributed by atoms with Crippen molar-refractivity contribution in [3.8, 4) is 5.88 Å². The molecule has 15 heteroatoms. The lowest BCUT2D eigenvalue weighted by molar-refractivity contribution is -0.148. The fraction of sp³-hybridized carbons (Fsp3) is 0.739. The molecule has 2 aromatic heterocycles. The van der Waals surface area contributed by atoms with E-state index in [2.05, 4.69) is 20.0 Å². The first-order chi connectivity index (χ1) is 17.7. The predicted octanol–water partition coefficient (Wildman–Crippen LogP) is 3.43. The maximum Gasteiger partial charge on any atom is 0.406 e. The Morgan fingerprint density at radius 1 is 1.39 bits per heavy atom. The van der Waals surface area contributed by atoms with Crippen LogP contribution in [0.4, 0.5) is 5.95 Å². The van der Waals surface area contributed by atoms with Gasteiger partial charge in [0.15, 0.2) is 17.4 Å². The molecule has 212 valence electrons. The van der Waals surface area contributed by atoms with Crippen molar-refractivity contribution in [1.29, 1.82) is 0 Å². The van der Waals surface area contributed by atoms with Gasteiger partial charge in [0.2, 0.25) is 11.8 Å². The van der Waals surface area contributed by atoms with Gasteiger partial charge >= 0.3 is 13.7 Å². The summed E-state index contributed by atoms with van der Waals surface area (Å²) < 4.78 is 44.3. The Balaban J connectivity index is 1.57. The van der Waals surface area contributed by atoms with E-state index >= 15 is 0 Å². The number of nitrogens with two attached hydrogens (primary N) is 1. The molecule has 0 aliphatic carbocycles. The van der Waals surface area contributed by atoms with E-state index in [4.69, 9.17) is 40.6 Å². The Morgan fingerprint density at radius 2 is 2.11 bits per heavy atom. The standard InChI is InChI=1S/C23H36ClN6O7P/c1-8-33-18-15-17(27-21(25)28-18)30(11-26-15)20-23(7,24)16-13(36-20)9-35-38(32,37-16)29-14(22(4,5)6)10-34-19(31)12(2)3/h11-14,16,20H,8-10H2,1-7H3,(H,29,32)(H2,25,27,28)/t13-,14?,16?,20-,23-,38?/m1/s1. The largest absolute Gasteiger partial charge is 0.476 e. The first-order valence-electron chi connectivity index (χ1n) is 12.5. The van der Waals surface area contributed by atoms with E-state index in [1.165, 1.54) is 6.33 Å². The molecule has 0 aromatic carbocycles. The molecule has 0 amide bonds. The molecule has 4 rings (SSSR count). The zero-order chi connectivity index (χ0) is 28.0. The van der Waals surface area contributed by atoms with Crippen LogP contribution in [0.2, 0.25) is 0 Å². The molecular formula is C23H36ClN6O7P. The number of nitrogen functional groups attached to an aromatic ring is 1. The molecule has 0 bridgehead atoms. The molecule has 2 aromatic rings. The van der Waals surface area contributed by atoms with Crippen molar-refractivity contribution < 1.29 is 32.6 Å². The Bertz CT molecular complexity index is 1230. The number of nitrogens with one attached hydrogen (secondary N) is 1. The van der Waals surface area contributed by atoms with Crippen LogP contribution >= 0.6 is 19.3 Å². The van der Waals surface area contributed by atoms with E-state index in [1.54, 1.807) is 25.3 Å². The maximum atomic E-state index is 13.8. The first kappa shape index (κ1) is 29.0. The van der Waals surface area contributed by atoms with Crippen LogP contribution in [0.5, 0.6) is 5.88 Å². The molecule has 2 aliphatic rings. The highest BCUT2D eigenvalue weighted by atomic mass is 35.5. The minimum Gasteiger partial charge on any atom is -0.476 e. The average molecular weight is 575 g/mol. The second-order valence-corrected chi connectivity index (χ2v) is 13.5. The molecule has 13 nitrogen and oxygen atoms in total. The van der Waals surface area contributed by atoms with E-state index in [1.807, 2.05) is 27.7 Å². The fourth-order valence-corrected chi connectivity index (χ4v) is 6.69. The third-order valence-electron chi connectivity index (χ3n) is 6.51. The number of alkyl halides is 1. The Kier molecular flexibility index (Phi) is 8.02. The molecule has 0 spiro atoms. The van der Waals surface area contributed by atoms with Crippen LogP contribution in [0.3, 0.4) is 0 Å². The number of fused-ring (bicyclic) bond motifs is 2. The van der Waals surface area contributed by atoms with Crippen molar-refractivity contribution in [2.24, 2.45) is 11.3 Å². The van der Waals surface area contributed by atoms with E-state index < -0.39 is 42.5 Å². The summed E-state index contributed by atoms with van der Waals surface area (Å²) in [5.41, 5.74) is 6.24. The van der Waals surface area contributed by atoms with Crippen molar-refractivity contribution in [3.63, 3.8) is 0 Å². The SMILES string of the molecule is CCOc1nc(N)nc2c1ncn2[C@@H]1O[C@@H]2COP(=O)(NC(COC(=O)C(C)C)C(C)(C)C)OC2[C@@]1(C)Cl. The first-order valence-corrected chi connectivity index (χ1v) is 14.4. The lowest BCUT2D eigenvalue weighted by Crippen LogP contribution is -2.49. The van der Waals surface area contributed by atoms with Crippen molar-refractivity contribution in [2.45, 2.75) is 77.8 Å². The summed E-state index contributed by atoms with van der Waals surface area (Å²) in [6, 6.07) is -0.526. The summed E-state index contributed by atoms with van der Waals surface area (Å²) in [5, 5.41) is 2.97. The van der Waals surface area contributed by atoms with Gasteiger partial charge in [-0.15, -0.1) is 11.6 Å². The van der Waals surface area contributed by atoms with E-state index in [0.29, 0.717) is 17.8 Å². The number of nitrogens with zero attached hydrogens (tertiary/aromatic N) is 4. The van der Waals surface area contributed by atoms with Crippen molar-refractivity contribution in [1.82, 2.24) is 24.6 Å². The Labute approximate surface area is 226 Å². The van der Waals surface area contributed by atoms with Gasteiger partial charge in [-0.1, -0.05) is 34.6 Å². The van der Waals surface area contributed by atoms with Crippen LogP contribution in [-0.4, -0.2) is 68.4 Å². The molecular weight excluding hydrogens is 539 g/mol. The van der Waals surface area contributed by atoms with Crippen LogP contribution in [-0.2, 0) is 27.9 Å². The quantitative estimate of drug-likeness (QED) is 0.269. The summed E-state index contributed by atoms with van der Waals surface area (Å²) in [4.78, 5) is 23.7. The van der Waals surface area contributed by atoms with Crippen LogP contribution < -0.4 is 15.6 Å². The smallest absolute Gasteiger partial charge is 0.406 e. The number of carbonyl (C=O) groups is 1. The number of aromatic nitrogens is 4. The lowest BCUT2D eigenvalue weighted by atomic mass is 9.88. The highest BCUT2D eigenvalue weighted by molar-refractivity contribution is 7.51. The molecule has 0 saturated carbocycles. The third kappa shape index (κ3) is 5.64. The molecule has 2 aliphatic heterocycles. The van der Waals surface area contributed by atoms with Gasteiger partial charge in [0, 0.05) is 0 Å². The molecule has 3 unspecified atom stereocenters. The van der Waals surface area contributed by atoms with Gasteiger partial charge in [0.1, 0.15) is 23.7 Å². The number of halogens is 1. The van der Waals surface area contributed by atoms with Crippen molar-refractivity contribution in [2.75, 3.05) is 25.6 Å². The van der Waals surface area contributed by atoms with E-state index in [-0.39, 0.29) is 36.9 Å². The van der Waals surface area contributed by atoms with Crippen LogP contribution in [0.15, 0.2) is 6.33 Å². The second-order valence-electron chi connectivity index (χ2n) is 11.0. The number of anilines is 1. The number of ether oxygens (including phenoxy) is 3. The predicted molar refractivity (Wildman–Crippen MR) is 140 cm³/mol. The van der Waals surface area contributed by atoms with E-state index in [0.717, 1.165) is 0 Å². The molecule has 6 atom stereocenters. The Hall–Kier alpha value is -2.02. The fourth-order valence-electron chi connectivity index (χ4n) is 4.25. The monoisotopic (exact) mass is 574 g/mol. The topological polar surface area (TPSA) is 162 Å². The number of hydrogen-bond donors (Lipinski definition) is 2. The molecule has 2 saturated heterocycles. The van der Waals surface area contributed by atoms with Crippen molar-refractivity contribution >= 4 is 42.4 Å². The van der Waals surface area contributed by atoms with Gasteiger partial charge in [-0.25, -0.2) is 14.6 Å². The normalized spacial score (nSPS) is 30.4. The highest BCUT2D eigenvalue weighted by Crippen LogP contribution is 2.58. The maximum absolute atomic E-state index is 13.8. The van der Waals surface area contributed by atoms with E-state index in [9.17, 15) is 9.36 Å². The molecule has 38 heavy (non-hydrogen) atoms. The summed E-state index contributed by atoms with van der Waals surface area (Å²) in [5.74, 6) is -0.382. The molecule has 4 heterocycles. The van der Waals surface area contributed by atoms with Gasteiger partial charge in [-0.3, -0.25) is 18.4 Å². The number of carbonyl (C=O) groups excluding carboxylic acids is 1. The molecule has 0 radical (unpaired) electrons. The lowest BCUT2D eigenvalue weighted by Gasteiger charge is -2.39. The molecule has 2 fully saturated rings. The summed E-state index contributed by atoms with van der Waals surface area (Å²) in [6.07, 6.45) is -0.737. The third-order valence-corrected chi connectivity index (χ3v) is 8.53. The van der Waals surface area contributed by atoms with Gasteiger partial charge in [0.05, 0.1) is 31.5 Å². The Morgan fingerprint density at radius 3 is 2.74 bits per heavy atom. The zero-order valence-electron chi connectivity index (χ0n) is 22.6. The second kappa shape index (κ2) is 10.5. The van der Waals surface area contributed by atoms with Gasteiger partial charge in [0.25, 0.3) is 0 Å². The number of rotatable bonds is 8. The van der Waals surface area contributed by atoms with Crippen molar-refractivity contribution in [3.05, 3.63) is 6.33 Å². The van der Waals surface area contributed by atoms with Crippen LogP contribution in [0.1, 0.15) is 54.7 Å². The minimum atomic E-state index is -3.87. The number of imidazole rings is 1. The zero-order valence-corrected chi connectivity index (χ0v) is 24.3. The van der Waals surface area contributed by atoms with Gasteiger partial charge in [-0.05, 0) is 19.3 Å². The van der Waals surface area contributed by atoms with Crippen LogP contribution in [0.25, 0.3) is 11.2 Å². The van der Waals surface area contributed by atoms with Gasteiger partial charge in [-0.2, -0.15) is 9.97 Å². The average Bonchev–Trinajstić information content (AvgIpc) is 3.33. The van der Waals surface area contributed by atoms with Gasteiger partial charge < -0.3 is 19.9 Å². The van der Waals surface area contributed by atoms with Crippen LogP contribution in [0, 0.1) is 11.3 Å². The minimum absolute atomic E-state index is 0.00704.